The van der Waals surface area contributed by atoms with Crippen molar-refractivity contribution >= 4 is 27.4 Å². The van der Waals surface area contributed by atoms with Crippen LogP contribution in [0.3, 0.4) is 0 Å². The van der Waals surface area contributed by atoms with Crippen LogP contribution < -0.4 is 15.0 Å². The highest BCUT2D eigenvalue weighted by Gasteiger charge is 2.40. The van der Waals surface area contributed by atoms with Gasteiger partial charge in [0, 0.05) is 42.8 Å². The van der Waals surface area contributed by atoms with Crippen molar-refractivity contribution in [2.45, 2.75) is 23.5 Å². The number of amides is 1. The molecule has 5 rings (SSSR count). The van der Waals surface area contributed by atoms with Crippen LogP contribution in [0.2, 0.25) is 0 Å². The van der Waals surface area contributed by atoms with Crippen molar-refractivity contribution in [2.24, 2.45) is 0 Å². The molecule has 206 valence electrons. The number of nitrogens with one attached hydrogen (secondary N) is 1. The van der Waals surface area contributed by atoms with Gasteiger partial charge in [0.1, 0.15) is 16.3 Å². The number of hydrogen-bond acceptors (Lipinski definition) is 9. The minimum absolute atomic E-state index is 0.165. The van der Waals surface area contributed by atoms with Gasteiger partial charge in [0.05, 0.1) is 23.8 Å². The maximum Gasteiger partial charge on any atom is 0.417 e. The van der Waals surface area contributed by atoms with Gasteiger partial charge < -0.3 is 14.4 Å². The second kappa shape index (κ2) is 11.4. The summed E-state index contributed by atoms with van der Waals surface area (Å²) in [7, 11) is -3.82. The average molecular weight is 560 g/mol. The number of carbonyl (C=O) groups excluding carboxylic acids is 1. The van der Waals surface area contributed by atoms with Crippen molar-refractivity contribution in [1.29, 1.82) is 0 Å². The van der Waals surface area contributed by atoms with Crippen LogP contribution in [0.5, 0.6) is 5.75 Å². The summed E-state index contributed by atoms with van der Waals surface area (Å²) in [5, 5.41) is 2.70. The fraction of sp³-hybridized carbons (Fsp3) is 0.241. The van der Waals surface area contributed by atoms with Gasteiger partial charge in [0.25, 0.3) is 0 Å². The van der Waals surface area contributed by atoms with E-state index in [0.29, 0.717) is 60.6 Å². The fourth-order valence-electron chi connectivity index (χ4n) is 4.22. The van der Waals surface area contributed by atoms with Crippen LogP contribution in [0.4, 0.5) is 16.3 Å². The van der Waals surface area contributed by atoms with Gasteiger partial charge in [-0.3, -0.25) is 10.3 Å². The van der Waals surface area contributed by atoms with Crippen LogP contribution in [0.1, 0.15) is 19.5 Å². The van der Waals surface area contributed by atoms with Gasteiger partial charge in [0.2, 0.25) is 0 Å². The Hall–Kier alpha value is -4.35. The normalized spacial score (nSPS) is 14.0. The summed E-state index contributed by atoms with van der Waals surface area (Å²) in [6.07, 6.45) is 2.30. The predicted molar refractivity (Wildman–Crippen MR) is 151 cm³/mol. The second-order valence-corrected chi connectivity index (χ2v) is 12.1. The molecule has 1 amide bonds. The summed E-state index contributed by atoms with van der Waals surface area (Å²) >= 11 is 0. The molecular weight excluding hydrogens is 530 g/mol. The quantitative estimate of drug-likeness (QED) is 0.343. The molecule has 0 radical (unpaired) electrons. The zero-order valence-corrected chi connectivity index (χ0v) is 23.0. The van der Waals surface area contributed by atoms with Gasteiger partial charge in [-0.15, -0.1) is 0 Å². The van der Waals surface area contributed by atoms with E-state index in [1.54, 1.807) is 68.4 Å². The first-order valence-corrected chi connectivity index (χ1v) is 14.2. The Labute approximate surface area is 232 Å². The number of sulfone groups is 1. The third-order valence-corrected chi connectivity index (χ3v) is 9.09. The summed E-state index contributed by atoms with van der Waals surface area (Å²) < 4.78 is 36.8. The second-order valence-electron chi connectivity index (χ2n) is 9.64. The Morgan fingerprint density at radius 1 is 0.950 bits per heavy atom. The van der Waals surface area contributed by atoms with Crippen molar-refractivity contribution < 1.29 is 22.7 Å². The van der Waals surface area contributed by atoms with Gasteiger partial charge >= 0.3 is 6.09 Å². The van der Waals surface area contributed by atoms with Crippen LogP contribution >= 0.6 is 0 Å². The number of aromatic nitrogens is 3. The molecule has 0 atom stereocenters. The van der Waals surface area contributed by atoms with E-state index in [0.717, 1.165) is 0 Å². The van der Waals surface area contributed by atoms with E-state index < -0.39 is 20.7 Å². The van der Waals surface area contributed by atoms with E-state index in [4.69, 9.17) is 19.4 Å². The number of rotatable bonds is 7. The number of benzene rings is 2. The Balaban J connectivity index is 1.46. The topological polar surface area (TPSA) is 124 Å². The average Bonchev–Trinajstić information content (AvgIpc) is 2.98. The molecule has 1 N–H and O–H groups in total. The molecule has 1 aliphatic rings. The SMILES string of the molecule is CC(C)(c1cc(N2CCOCC2)nc(-c2ccc(NC(=O)Oc3ccccc3)cc2)n1)S(=O)(=O)c1ccncc1. The molecule has 10 nitrogen and oxygen atoms in total. The molecule has 1 aliphatic heterocycles. The number of morpholine rings is 1. The molecule has 2 aromatic heterocycles. The molecule has 2 aromatic carbocycles. The molecule has 11 heteroatoms. The molecule has 0 spiro atoms. The van der Waals surface area contributed by atoms with Crippen molar-refractivity contribution in [3.63, 3.8) is 0 Å². The van der Waals surface area contributed by atoms with Crippen LogP contribution in [-0.2, 0) is 19.3 Å². The van der Waals surface area contributed by atoms with E-state index in [2.05, 4.69) is 15.2 Å². The smallest absolute Gasteiger partial charge is 0.410 e. The Bertz CT molecular complexity index is 1570. The van der Waals surface area contributed by atoms with Crippen LogP contribution in [0.25, 0.3) is 11.4 Å². The first-order valence-electron chi connectivity index (χ1n) is 12.8. The van der Waals surface area contributed by atoms with Crippen molar-refractivity contribution in [3.05, 3.63) is 90.9 Å². The summed E-state index contributed by atoms with van der Waals surface area (Å²) in [5.74, 6) is 1.42. The molecule has 0 saturated carbocycles. The number of carbonyl (C=O) groups is 1. The standard InChI is InChI=1S/C29H29N5O5S/c1-29(2,40(36,37)24-12-14-30-15-13-24)25-20-26(34-16-18-38-19-17-34)33-27(32-25)21-8-10-22(11-9-21)31-28(35)39-23-6-4-3-5-7-23/h3-15,20H,16-19H2,1-2H3,(H,31,35). The summed E-state index contributed by atoms with van der Waals surface area (Å²) in [6, 6.07) is 20.4. The number of pyridine rings is 1. The van der Waals surface area contributed by atoms with E-state index >= 15 is 0 Å². The minimum Gasteiger partial charge on any atom is -0.410 e. The van der Waals surface area contributed by atoms with Gasteiger partial charge in [-0.05, 0) is 62.4 Å². The molecular formula is C29H29N5O5S. The van der Waals surface area contributed by atoms with E-state index in [-0.39, 0.29) is 4.90 Å². The van der Waals surface area contributed by atoms with Crippen LogP contribution in [0.15, 0.2) is 90.1 Å². The monoisotopic (exact) mass is 559 g/mol. The lowest BCUT2D eigenvalue weighted by molar-refractivity contribution is 0.122. The Morgan fingerprint density at radius 2 is 1.62 bits per heavy atom. The number of para-hydroxylation sites is 1. The highest BCUT2D eigenvalue weighted by atomic mass is 32.2. The fourth-order valence-corrected chi connectivity index (χ4v) is 5.67. The Kier molecular flexibility index (Phi) is 7.76. The lowest BCUT2D eigenvalue weighted by atomic mass is 10.1. The van der Waals surface area contributed by atoms with Gasteiger partial charge in [-0.1, -0.05) is 18.2 Å². The maximum atomic E-state index is 13.7. The molecule has 0 bridgehead atoms. The minimum atomic E-state index is -3.82. The van der Waals surface area contributed by atoms with Gasteiger partial charge in [-0.25, -0.2) is 23.2 Å². The molecule has 0 unspecified atom stereocenters. The van der Waals surface area contributed by atoms with E-state index in [9.17, 15) is 13.2 Å². The number of nitrogens with zero attached hydrogens (tertiary/aromatic N) is 4. The number of anilines is 2. The highest BCUT2D eigenvalue weighted by Crippen LogP contribution is 2.36. The van der Waals surface area contributed by atoms with E-state index in [1.165, 1.54) is 24.5 Å². The third kappa shape index (κ3) is 5.80. The zero-order valence-electron chi connectivity index (χ0n) is 22.1. The van der Waals surface area contributed by atoms with E-state index in [1.807, 2.05) is 6.07 Å². The van der Waals surface area contributed by atoms with Crippen molar-refractivity contribution in [2.75, 3.05) is 36.5 Å². The molecule has 1 saturated heterocycles. The number of hydrogen-bond donors (Lipinski definition) is 1. The van der Waals surface area contributed by atoms with Gasteiger partial charge in [0.15, 0.2) is 15.7 Å². The summed E-state index contributed by atoms with van der Waals surface area (Å²) in [4.78, 5) is 28.0. The largest absolute Gasteiger partial charge is 0.417 e. The highest BCUT2D eigenvalue weighted by molar-refractivity contribution is 7.92. The zero-order chi connectivity index (χ0) is 28.2. The van der Waals surface area contributed by atoms with Crippen LogP contribution in [0, 0.1) is 0 Å². The lowest BCUT2D eigenvalue weighted by Crippen LogP contribution is -2.37. The molecule has 3 heterocycles. The predicted octanol–water partition coefficient (Wildman–Crippen LogP) is 4.70. The van der Waals surface area contributed by atoms with Gasteiger partial charge in [-0.2, -0.15) is 0 Å². The molecule has 40 heavy (non-hydrogen) atoms. The Morgan fingerprint density at radius 3 is 2.30 bits per heavy atom. The first kappa shape index (κ1) is 27.2. The molecule has 1 fully saturated rings. The summed E-state index contributed by atoms with van der Waals surface area (Å²) in [5.41, 5.74) is 1.55. The van der Waals surface area contributed by atoms with Crippen LogP contribution in [-0.4, -0.2) is 55.8 Å². The molecule has 0 aliphatic carbocycles. The van der Waals surface area contributed by atoms with Crippen molar-refractivity contribution in [1.82, 2.24) is 15.0 Å². The first-order chi connectivity index (χ1) is 19.2. The molecule has 4 aromatic rings. The summed E-state index contributed by atoms with van der Waals surface area (Å²) in [6.45, 7) is 5.63. The maximum absolute atomic E-state index is 13.7. The van der Waals surface area contributed by atoms with Crippen molar-refractivity contribution in [3.8, 4) is 17.1 Å². The number of ether oxygens (including phenoxy) is 2. The third-order valence-electron chi connectivity index (χ3n) is 6.64. The lowest BCUT2D eigenvalue weighted by Gasteiger charge is -2.30.